The van der Waals surface area contributed by atoms with E-state index in [0.29, 0.717) is 25.7 Å². The minimum atomic E-state index is -0.894. The number of fused-ring (bicyclic) bond motifs is 5. The third kappa shape index (κ3) is 4.06. The van der Waals surface area contributed by atoms with Gasteiger partial charge in [0.25, 0.3) is 0 Å². The first-order valence-corrected chi connectivity index (χ1v) is 14.3. The highest BCUT2D eigenvalue weighted by Crippen LogP contribution is 2.75. The summed E-state index contributed by atoms with van der Waals surface area (Å²) in [6, 6.07) is 0. The Balaban J connectivity index is 1.66. The topological polar surface area (TPSA) is 101 Å². The molecule has 4 saturated carbocycles. The Kier molecular flexibility index (Phi) is 6.68. The molecule has 11 atom stereocenters. The fourth-order valence-electron chi connectivity index (χ4n) is 10.7. The van der Waals surface area contributed by atoms with Crippen molar-refractivity contribution in [2.45, 2.75) is 143 Å². The Morgan fingerprint density at radius 2 is 1.43 bits per heavy atom. The first kappa shape index (κ1) is 27.8. The predicted octanol–water partition coefficient (Wildman–Crippen LogP) is 4.67. The summed E-state index contributed by atoms with van der Waals surface area (Å²) >= 11 is 0. The molecule has 4 aliphatic carbocycles. The van der Waals surface area contributed by atoms with E-state index in [0.717, 1.165) is 32.1 Å². The minimum Gasteiger partial charge on any atom is -0.393 e. The molecular formula is C30H54O5. The molecule has 0 heterocycles. The number of hydrogen-bond acceptors (Lipinski definition) is 5. The van der Waals surface area contributed by atoms with Crippen LogP contribution in [0, 0.1) is 45.3 Å². The van der Waals surface area contributed by atoms with Crippen LogP contribution >= 0.6 is 0 Å². The second-order valence-electron chi connectivity index (χ2n) is 15.5. The molecule has 0 aromatic heterocycles. The summed E-state index contributed by atoms with van der Waals surface area (Å²) in [5.41, 5.74) is -2.45. The molecule has 4 rings (SSSR count). The lowest BCUT2D eigenvalue weighted by Gasteiger charge is -2.71. The second kappa shape index (κ2) is 8.40. The molecule has 4 aliphatic rings. The van der Waals surface area contributed by atoms with Crippen LogP contribution < -0.4 is 0 Å². The summed E-state index contributed by atoms with van der Waals surface area (Å²) in [6.45, 7) is 16.8. The van der Waals surface area contributed by atoms with E-state index in [1.165, 1.54) is 0 Å². The van der Waals surface area contributed by atoms with Crippen LogP contribution in [0.4, 0.5) is 0 Å². The van der Waals surface area contributed by atoms with Crippen LogP contribution in [-0.4, -0.2) is 55.0 Å². The van der Waals surface area contributed by atoms with Crippen LogP contribution in [0.3, 0.4) is 0 Å². The first-order valence-electron chi connectivity index (χ1n) is 14.3. The molecule has 0 unspecified atom stereocenters. The van der Waals surface area contributed by atoms with Crippen molar-refractivity contribution in [3.8, 4) is 0 Å². The largest absolute Gasteiger partial charge is 0.393 e. The zero-order valence-corrected chi connectivity index (χ0v) is 23.6. The van der Waals surface area contributed by atoms with Gasteiger partial charge < -0.3 is 25.5 Å². The predicted molar refractivity (Wildman–Crippen MR) is 139 cm³/mol. The van der Waals surface area contributed by atoms with Gasteiger partial charge in [-0.1, -0.05) is 34.6 Å². The highest BCUT2D eigenvalue weighted by atomic mass is 16.3. The van der Waals surface area contributed by atoms with E-state index in [1.807, 2.05) is 20.8 Å². The van der Waals surface area contributed by atoms with Crippen molar-refractivity contribution >= 4 is 0 Å². The maximum atomic E-state index is 11.8. The standard InChI is InChI=1S/C30H54O5/c1-25(2,34)12-9-13-30(8,35)18-10-15-28(6)23(18)19(31)16-21-27(5)14-11-22(33)26(3,4)24(27)20(32)17-29(21,28)7/h18-24,31-35H,9-17H2,1-8H3/t18-,19+,20-,21+,22-,23-,24-,27+,28+,29+,30-/m1/s1. The number of hydrogen-bond donors (Lipinski definition) is 5. The lowest BCUT2D eigenvalue weighted by Crippen LogP contribution is -2.69. The summed E-state index contributed by atoms with van der Waals surface area (Å²) in [6.07, 6.45) is 5.51. The van der Waals surface area contributed by atoms with E-state index in [-0.39, 0.29) is 45.3 Å². The van der Waals surface area contributed by atoms with E-state index in [2.05, 4.69) is 34.6 Å². The number of aliphatic hydroxyl groups is 5. The van der Waals surface area contributed by atoms with Gasteiger partial charge in [0.2, 0.25) is 0 Å². The lowest BCUT2D eigenvalue weighted by atomic mass is 9.34. The Morgan fingerprint density at radius 3 is 2.03 bits per heavy atom. The van der Waals surface area contributed by atoms with Gasteiger partial charge >= 0.3 is 0 Å². The SMILES string of the molecule is CC(C)(O)CCC[C@@](C)(O)[C@@H]1CC[C@@]2(C)[C@H]1[C@@H](O)C[C@H]1[C@]3(C)CC[C@@H](O)C(C)(C)[C@H]3[C@H](O)C[C@@]12C. The zero-order valence-electron chi connectivity index (χ0n) is 23.6. The molecule has 0 spiro atoms. The summed E-state index contributed by atoms with van der Waals surface area (Å²) < 4.78 is 0. The van der Waals surface area contributed by atoms with Gasteiger partial charge in [0, 0.05) is 0 Å². The molecule has 0 radical (unpaired) electrons. The highest BCUT2D eigenvalue weighted by molar-refractivity contribution is 5.21. The van der Waals surface area contributed by atoms with Gasteiger partial charge in [0.15, 0.2) is 0 Å². The van der Waals surface area contributed by atoms with Crippen molar-refractivity contribution in [3.05, 3.63) is 0 Å². The minimum absolute atomic E-state index is 0.00423. The molecule has 0 saturated heterocycles. The molecule has 0 amide bonds. The van der Waals surface area contributed by atoms with Gasteiger partial charge in [-0.05, 0) is 124 Å². The van der Waals surface area contributed by atoms with Gasteiger partial charge in [-0.25, -0.2) is 0 Å². The average Bonchev–Trinajstić information content (AvgIpc) is 3.07. The zero-order chi connectivity index (χ0) is 26.4. The van der Waals surface area contributed by atoms with Gasteiger partial charge in [-0.2, -0.15) is 0 Å². The van der Waals surface area contributed by atoms with Crippen molar-refractivity contribution in [2.75, 3.05) is 0 Å². The molecule has 5 nitrogen and oxygen atoms in total. The smallest absolute Gasteiger partial charge is 0.0651 e. The molecular weight excluding hydrogens is 440 g/mol. The number of rotatable bonds is 5. The summed E-state index contributed by atoms with van der Waals surface area (Å²) in [5.74, 6) is 0.279. The summed E-state index contributed by atoms with van der Waals surface area (Å²) in [5, 5.41) is 56.2. The van der Waals surface area contributed by atoms with Crippen LogP contribution in [0.5, 0.6) is 0 Å². The number of aliphatic hydroxyl groups excluding tert-OH is 3. The summed E-state index contributed by atoms with van der Waals surface area (Å²) in [4.78, 5) is 0. The van der Waals surface area contributed by atoms with Crippen LogP contribution in [0.1, 0.15) is 113 Å². The van der Waals surface area contributed by atoms with Gasteiger partial charge in [-0.3, -0.25) is 0 Å². The first-order chi connectivity index (χ1) is 15.8. The van der Waals surface area contributed by atoms with Crippen molar-refractivity contribution in [3.63, 3.8) is 0 Å². The van der Waals surface area contributed by atoms with Crippen molar-refractivity contribution < 1.29 is 25.5 Å². The fourth-order valence-corrected chi connectivity index (χ4v) is 10.7. The Bertz CT molecular complexity index is 801. The van der Waals surface area contributed by atoms with E-state index in [1.54, 1.807) is 0 Å². The Hall–Kier alpha value is -0.200. The third-order valence-electron chi connectivity index (χ3n) is 12.5. The maximum absolute atomic E-state index is 11.8. The third-order valence-corrected chi connectivity index (χ3v) is 12.5. The normalized spacial score (nSPS) is 51.2. The molecule has 35 heavy (non-hydrogen) atoms. The monoisotopic (exact) mass is 494 g/mol. The maximum Gasteiger partial charge on any atom is 0.0651 e. The fraction of sp³-hybridized carbons (Fsp3) is 1.00. The molecule has 5 N–H and O–H groups in total. The molecule has 204 valence electrons. The molecule has 0 aromatic rings. The van der Waals surface area contributed by atoms with E-state index < -0.39 is 29.5 Å². The Morgan fingerprint density at radius 1 is 0.800 bits per heavy atom. The Labute approximate surface area is 213 Å². The molecule has 4 fully saturated rings. The van der Waals surface area contributed by atoms with Crippen LogP contribution in [0.2, 0.25) is 0 Å². The van der Waals surface area contributed by atoms with Gasteiger partial charge in [0.05, 0.1) is 29.5 Å². The lowest BCUT2D eigenvalue weighted by molar-refractivity contribution is -0.274. The van der Waals surface area contributed by atoms with Crippen molar-refractivity contribution in [2.24, 2.45) is 45.3 Å². The van der Waals surface area contributed by atoms with Crippen LogP contribution in [0.25, 0.3) is 0 Å². The van der Waals surface area contributed by atoms with E-state index in [4.69, 9.17) is 0 Å². The summed E-state index contributed by atoms with van der Waals surface area (Å²) in [7, 11) is 0. The van der Waals surface area contributed by atoms with Crippen molar-refractivity contribution in [1.29, 1.82) is 0 Å². The van der Waals surface area contributed by atoms with Crippen molar-refractivity contribution in [1.82, 2.24) is 0 Å². The van der Waals surface area contributed by atoms with Gasteiger partial charge in [-0.15, -0.1) is 0 Å². The average molecular weight is 495 g/mol. The van der Waals surface area contributed by atoms with Gasteiger partial charge in [0.1, 0.15) is 0 Å². The molecule has 0 aliphatic heterocycles. The van der Waals surface area contributed by atoms with E-state index >= 15 is 0 Å². The molecule has 0 aromatic carbocycles. The second-order valence-corrected chi connectivity index (χ2v) is 15.5. The van der Waals surface area contributed by atoms with E-state index in [9.17, 15) is 25.5 Å². The molecule has 0 bridgehead atoms. The quantitative estimate of drug-likeness (QED) is 0.382. The van der Waals surface area contributed by atoms with Crippen LogP contribution in [-0.2, 0) is 0 Å². The molecule has 5 heteroatoms. The van der Waals surface area contributed by atoms with Crippen LogP contribution in [0.15, 0.2) is 0 Å². The highest BCUT2D eigenvalue weighted by Gasteiger charge is 2.72.